The van der Waals surface area contributed by atoms with Crippen LogP contribution in [0.5, 0.6) is 0 Å². The maximum absolute atomic E-state index is 4.36. The van der Waals surface area contributed by atoms with Crippen molar-refractivity contribution in [3.05, 3.63) is 16.4 Å². The predicted molar refractivity (Wildman–Crippen MR) is 64.9 cm³/mol. The van der Waals surface area contributed by atoms with Crippen molar-refractivity contribution >= 4 is 31.9 Å². The topological polar surface area (TPSA) is 17.8 Å². The lowest BCUT2D eigenvalue weighted by atomic mass is 10.0. The second-order valence-electron chi connectivity index (χ2n) is 3.80. The first-order valence-electron chi connectivity index (χ1n) is 5.07. The summed E-state index contributed by atoms with van der Waals surface area (Å²) in [5.41, 5.74) is 1.38. The highest BCUT2D eigenvalue weighted by molar-refractivity contribution is 9.10. The lowest BCUT2D eigenvalue weighted by Gasteiger charge is -2.12. The average molecular weight is 322 g/mol. The van der Waals surface area contributed by atoms with Crippen LogP contribution in [-0.4, -0.2) is 14.6 Å². The molecule has 1 aromatic heterocycles. The van der Waals surface area contributed by atoms with Gasteiger partial charge in [-0.15, -0.1) is 0 Å². The summed E-state index contributed by atoms with van der Waals surface area (Å²) in [5.74, 6) is 0.677. The Morgan fingerprint density at radius 3 is 2.93 bits per heavy atom. The zero-order chi connectivity index (χ0) is 10.1. The first-order chi connectivity index (χ1) is 6.72. The van der Waals surface area contributed by atoms with Crippen LogP contribution in [0.4, 0.5) is 0 Å². The number of aromatic nitrogens is 2. The summed E-state index contributed by atoms with van der Waals surface area (Å²) in [6.07, 6.45) is 5.72. The minimum Gasteiger partial charge on any atom is -0.268 e. The molecule has 1 heterocycles. The molecule has 0 amide bonds. The summed E-state index contributed by atoms with van der Waals surface area (Å²) in [7, 11) is 0. The predicted octanol–water partition coefficient (Wildman–Crippen LogP) is 3.70. The summed E-state index contributed by atoms with van der Waals surface area (Å²) >= 11 is 7.28. The highest BCUT2D eigenvalue weighted by atomic mass is 79.9. The summed E-state index contributed by atoms with van der Waals surface area (Å²) in [5, 5.41) is 4.36. The van der Waals surface area contributed by atoms with Gasteiger partial charge in [0.25, 0.3) is 0 Å². The first kappa shape index (κ1) is 10.7. The van der Waals surface area contributed by atoms with Gasteiger partial charge in [-0.3, -0.25) is 4.68 Å². The number of alkyl halides is 1. The van der Waals surface area contributed by atoms with E-state index in [2.05, 4.69) is 48.6 Å². The van der Waals surface area contributed by atoms with Gasteiger partial charge in [0.05, 0.1) is 16.4 Å². The third kappa shape index (κ3) is 1.91. The number of nitrogens with zero attached hydrogens (tertiary/aromatic N) is 2. The van der Waals surface area contributed by atoms with Gasteiger partial charge in [-0.2, -0.15) is 5.10 Å². The van der Waals surface area contributed by atoms with Crippen molar-refractivity contribution in [3.8, 4) is 0 Å². The highest BCUT2D eigenvalue weighted by Crippen LogP contribution is 2.40. The molecule has 0 bridgehead atoms. The number of hydrogen-bond acceptors (Lipinski definition) is 1. The quantitative estimate of drug-likeness (QED) is 0.759. The standard InChI is InChI=1S/C10H14Br2N2/c1-2-14-10(9(12)6-13-14)7-3-4-8(11)5-7/h6-8H,2-5H2,1H3. The number of rotatable bonds is 2. The minimum absolute atomic E-state index is 0.677. The third-order valence-corrected chi connectivity index (χ3v) is 4.33. The molecule has 1 aromatic rings. The fraction of sp³-hybridized carbons (Fsp3) is 0.700. The average Bonchev–Trinajstić information content (AvgIpc) is 2.71. The number of hydrogen-bond donors (Lipinski definition) is 0. The molecule has 0 aromatic carbocycles. The summed E-state index contributed by atoms with van der Waals surface area (Å²) < 4.78 is 3.28. The van der Waals surface area contributed by atoms with Crippen LogP contribution in [0.15, 0.2) is 10.7 Å². The van der Waals surface area contributed by atoms with Gasteiger partial charge in [0.15, 0.2) is 0 Å². The highest BCUT2D eigenvalue weighted by Gasteiger charge is 2.28. The molecule has 4 heteroatoms. The van der Waals surface area contributed by atoms with E-state index in [1.807, 2.05) is 6.20 Å². The fourth-order valence-corrected chi connectivity index (χ4v) is 3.54. The zero-order valence-electron chi connectivity index (χ0n) is 8.21. The lowest BCUT2D eigenvalue weighted by molar-refractivity contribution is 0.568. The third-order valence-electron chi connectivity index (χ3n) is 2.89. The van der Waals surface area contributed by atoms with E-state index < -0.39 is 0 Å². The zero-order valence-corrected chi connectivity index (χ0v) is 11.4. The Morgan fingerprint density at radius 1 is 1.57 bits per heavy atom. The molecule has 0 aliphatic heterocycles. The van der Waals surface area contributed by atoms with E-state index >= 15 is 0 Å². The second kappa shape index (κ2) is 4.35. The lowest BCUT2D eigenvalue weighted by Crippen LogP contribution is -2.06. The summed E-state index contributed by atoms with van der Waals surface area (Å²) in [6.45, 7) is 3.11. The molecule has 2 atom stereocenters. The van der Waals surface area contributed by atoms with Gasteiger partial charge in [0, 0.05) is 17.3 Å². The Labute approximate surface area is 101 Å². The number of halogens is 2. The van der Waals surface area contributed by atoms with Gasteiger partial charge in [-0.25, -0.2) is 0 Å². The molecule has 78 valence electrons. The van der Waals surface area contributed by atoms with Crippen LogP contribution in [0.3, 0.4) is 0 Å². The molecule has 14 heavy (non-hydrogen) atoms. The first-order valence-corrected chi connectivity index (χ1v) is 6.78. The van der Waals surface area contributed by atoms with E-state index in [1.165, 1.54) is 29.4 Å². The van der Waals surface area contributed by atoms with Gasteiger partial charge >= 0.3 is 0 Å². The van der Waals surface area contributed by atoms with Gasteiger partial charge in [0.2, 0.25) is 0 Å². The van der Waals surface area contributed by atoms with Crippen LogP contribution in [0.1, 0.15) is 37.8 Å². The van der Waals surface area contributed by atoms with Crippen molar-refractivity contribution in [1.82, 2.24) is 9.78 Å². The minimum atomic E-state index is 0.677. The van der Waals surface area contributed by atoms with E-state index in [9.17, 15) is 0 Å². The fourth-order valence-electron chi connectivity index (χ4n) is 2.20. The molecule has 1 aliphatic carbocycles. The molecule has 0 spiro atoms. The molecule has 0 N–H and O–H groups in total. The van der Waals surface area contributed by atoms with E-state index in [-0.39, 0.29) is 0 Å². The van der Waals surface area contributed by atoms with Crippen molar-refractivity contribution in [1.29, 1.82) is 0 Å². The van der Waals surface area contributed by atoms with Crippen LogP contribution >= 0.6 is 31.9 Å². The van der Waals surface area contributed by atoms with Crippen LogP contribution in [0, 0.1) is 0 Å². The van der Waals surface area contributed by atoms with E-state index in [1.54, 1.807) is 0 Å². The molecule has 1 saturated carbocycles. The van der Waals surface area contributed by atoms with Crippen molar-refractivity contribution in [2.45, 2.75) is 43.5 Å². The van der Waals surface area contributed by atoms with Gasteiger partial charge in [0.1, 0.15) is 0 Å². The molecule has 2 rings (SSSR count). The van der Waals surface area contributed by atoms with E-state index in [4.69, 9.17) is 0 Å². The van der Waals surface area contributed by atoms with Crippen LogP contribution < -0.4 is 0 Å². The van der Waals surface area contributed by atoms with E-state index in [0.29, 0.717) is 10.7 Å². The van der Waals surface area contributed by atoms with Crippen LogP contribution in [0.2, 0.25) is 0 Å². The molecule has 1 aliphatic rings. The second-order valence-corrected chi connectivity index (χ2v) is 5.95. The Balaban J connectivity index is 2.26. The van der Waals surface area contributed by atoms with Crippen molar-refractivity contribution in [3.63, 3.8) is 0 Å². The molecule has 2 unspecified atom stereocenters. The Hall–Kier alpha value is 0.170. The Kier molecular flexibility index (Phi) is 3.32. The Morgan fingerprint density at radius 2 is 2.36 bits per heavy atom. The van der Waals surface area contributed by atoms with Gasteiger partial charge in [-0.05, 0) is 42.1 Å². The maximum Gasteiger partial charge on any atom is 0.0635 e. The maximum atomic E-state index is 4.36. The van der Waals surface area contributed by atoms with Crippen molar-refractivity contribution < 1.29 is 0 Å². The monoisotopic (exact) mass is 320 g/mol. The van der Waals surface area contributed by atoms with Crippen molar-refractivity contribution in [2.24, 2.45) is 0 Å². The van der Waals surface area contributed by atoms with Gasteiger partial charge < -0.3 is 0 Å². The molecular weight excluding hydrogens is 308 g/mol. The summed E-state index contributed by atoms with van der Waals surface area (Å²) in [4.78, 5) is 0.694. The number of aryl methyl sites for hydroxylation is 1. The largest absolute Gasteiger partial charge is 0.268 e. The molecule has 2 nitrogen and oxygen atoms in total. The molecule has 0 saturated heterocycles. The van der Waals surface area contributed by atoms with Crippen LogP contribution in [-0.2, 0) is 6.54 Å². The molecular formula is C10H14Br2N2. The molecule has 1 fully saturated rings. The Bertz CT molecular complexity index is 322. The van der Waals surface area contributed by atoms with Crippen LogP contribution in [0.25, 0.3) is 0 Å². The SMILES string of the molecule is CCn1ncc(Br)c1C1CCC(Br)C1. The smallest absolute Gasteiger partial charge is 0.0635 e. The van der Waals surface area contributed by atoms with Gasteiger partial charge in [-0.1, -0.05) is 15.9 Å². The normalized spacial score (nSPS) is 27.1. The van der Waals surface area contributed by atoms with E-state index in [0.717, 1.165) is 6.54 Å². The summed E-state index contributed by atoms with van der Waals surface area (Å²) in [6, 6.07) is 0. The van der Waals surface area contributed by atoms with Crippen molar-refractivity contribution in [2.75, 3.05) is 0 Å². The molecule has 0 radical (unpaired) electrons.